The molecule has 2 aromatic heterocycles. The molecule has 2 aliphatic heterocycles. The number of aromatic nitrogens is 5. The smallest absolute Gasteiger partial charge is 0.147 e. The molecule has 0 aliphatic carbocycles. The summed E-state index contributed by atoms with van der Waals surface area (Å²) < 4.78 is 4.39. The summed E-state index contributed by atoms with van der Waals surface area (Å²) in [5.74, 6) is 2.87. The number of hydrogen-bond donors (Lipinski definition) is 1. The topological polar surface area (TPSA) is 63.8 Å². The second-order valence-electron chi connectivity index (χ2n) is 6.96. The summed E-state index contributed by atoms with van der Waals surface area (Å²) in [6.45, 7) is 9.35. The molecule has 25 heavy (non-hydrogen) atoms. The van der Waals surface area contributed by atoms with Gasteiger partial charge in [0.2, 0.25) is 0 Å². The van der Waals surface area contributed by atoms with Gasteiger partial charge in [-0.1, -0.05) is 6.92 Å². The average molecular weight is 366 g/mol. The van der Waals surface area contributed by atoms with Gasteiger partial charge in [0.25, 0.3) is 0 Å². The minimum absolute atomic E-state index is 0. The van der Waals surface area contributed by atoms with E-state index >= 15 is 0 Å². The van der Waals surface area contributed by atoms with Crippen LogP contribution in [0.3, 0.4) is 0 Å². The SMILES string of the molecule is CCCn1cc(CN2CCC(c3nnc4n3CCNC4)CC2)cn1.Cl. The molecule has 0 unspecified atom stereocenters. The number of rotatable bonds is 5. The molecule has 8 heteroatoms. The quantitative estimate of drug-likeness (QED) is 0.875. The Kier molecular flexibility index (Phi) is 6.09. The predicted molar refractivity (Wildman–Crippen MR) is 98.7 cm³/mol. The summed E-state index contributed by atoms with van der Waals surface area (Å²) in [4.78, 5) is 2.54. The third-order valence-corrected chi connectivity index (χ3v) is 5.15. The van der Waals surface area contributed by atoms with E-state index in [2.05, 4.69) is 47.9 Å². The number of nitrogens with zero attached hydrogens (tertiary/aromatic N) is 6. The van der Waals surface area contributed by atoms with Crippen molar-refractivity contribution in [2.45, 2.75) is 58.3 Å². The molecule has 0 aromatic carbocycles. The molecule has 1 fully saturated rings. The van der Waals surface area contributed by atoms with Gasteiger partial charge < -0.3 is 9.88 Å². The lowest BCUT2D eigenvalue weighted by Gasteiger charge is -2.31. The van der Waals surface area contributed by atoms with Crippen molar-refractivity contribution < 1.29 is 0 Å². The van der Waals surface area contributed by atoms with Crippen molar-refractivity contribution in [3.63, 3.8) is 0 Å². The number of hydrogen-bond acceptors (Lipinski definition) is 5. The van der Waals surface area contributed by atoms with Crippen molar-refractivity contribution in [3.8, 4) is 0 Å². The summed E-state index contributed by atoms with van der Waals surface area (Å²) in [6.07, 6.45) is 7.69. The van der Waals surface area contributed by atoms with E-state index < -0.39 is 0 Å². The van der Waals surface area contributed by atoms with E-state index in [1.54, 1.807) is 0 Å². The molecular formula is C17H28ClN7. The van der Waals surface area contributed by atoms with Crippen LogP contribution in [0.2, 0.25) is 0 Å². The Morgan fingerprint density at radius 1 is 1.20 bits per heavy atom. The summed E-state index contributed by atoms with van der Waals surface area (Å²) in [7, 11) is 0. The van der Waals surface area contributed by atoms with Crippen molar-refractivity contribution in [1.82, 2.24) is 34.8 Å². The van der Waals surface area contributed by atoms with E-state index in [1.165, 1.54) is 24.2 Å². The fourth-order valence-corrected chi connectivity index (χ4v) is 3.86. The average Bonchev–Trinajstić information content (AvgIpc) is 3.23. The van der Waals surface area contributed by atoms with E-state index in [-0.39, 0.29) is 12.4 Å². The number of halogens is 1. The van der Waals surface area contributed by atoms with E-state index in [4.69, 9.17) is 0 Å². The maximum atomic E-state index is 4.50. The van der Waals surface area contributed by atoms with Crippen LogP contribution in [-0.2, 0) is 26.2 Å². The van der Waals surface area contributed by atoms with Crippen LogP contribution in [-0.4, -0.2) is 49.1 Å². The molecule has 2 aliphatic rings. The lowest BCUT2D eigenvalue weighted by atomic mass is 9.95. The summed E-state index contributed by atoms with van der Waals surface area (Å²) >= 11 is 0. The van der Waals surface area contributed by atoms with Crippen LogP contribution in [0.5, 0.6) is 0 Å². The van der Waals surface area contributed by atoms with Gasteiger partial charge in [-0.3, -0.25) is 9.58 Å². The first-order valence-corrected chi connectivity index (χ1v) is 9.20. The van der Waals surface area contributed by atoms with Gasteiger partial charge in [-0.2, -0.15) is 5.10 Å². The molecule has 1 N–H and O–H groups in total. The Bertz CT molecular complexity index is 672. The maximum absolute atomic E-state index is 4.50. The van der Waals surface area contributed by atoms with E-state index in [0.29, 0.717) is 5.92 Å². The highest BCUT2D eigenvalue weighted by Crippen LogP contribution is 2.28. The summed E-state index contributed by atoms with van der Waals surface area (Å²) in [5, 5.41) is 16.7. The van der Waals surface area contributed by atoms with Gasteiger partial charge in [-0.25, -0.2) is 0 Å². The Hall–Kier alpha value is -1.44. The van der Waals surface area contributed by atoms with Gasteiger partial charge >= 0.3 is 0 Å². The number of aryl methyl sites for hydroxylation is 1. The molecule has 2 aromatic rings. The minimum Gasteiger partial charge on any atom is -0.312 e. The van der Waals surface area contributed by atoms with Crippen LogP contribution >= 0.6 is 12.4 Å². The molecule has 0 spiro atoms. The molecule has 1 saturated heterocycles. The molecule has 4 rings (SSSR count). The highest BCUT2D eigenvalue weighted by Gasteiger charge is 2.27. The zero-order chi connectivity index (χ0) is 16.4. The van der Waals surface area contributed by atoms with Crippen molar-refractivity contribution in [2.24, 2.45) is 0 Å². The first kappa shape index (κ1) is 18.4. The van der Waals surface area contributed by atoms with Crippen molar-refractivity contribution in [3.05, 3.63) is 29.6 Å². The van der Waals surface area contributed by atoms with Gasteiger partial charge in [0.15, 0.2) is 0 Å². The normalized spacial score (nSPS) is 18.8. The Balaban J connectivity index is 0.00000182. The molecule has 0 saturated carbocycles. The summed E-state index contributed by atoms with van der Waals surface area (Å²) in [5.41, 5.74) is 1.33. The van der Waals surface area contributed by atoms with E-state index in [0.717, 1.165) is 58.1 Å². The fraction of sp³-hybridized carbons (Fsp3) is 0.706. The van der Waals surface area contributed by atoms with E-state index in [1.807, 2.05) is 6.20 Å². The number of likely N-dealkylation sites (tertiary alicyclic amines) is 1. The van der Waals surface area contributed by atoms with Crippen molar-refractivity contribution >= 4 is 12.4 Å². The second kappa shape index (κ2) is 8.29. The van der Waals surface area contributed by atoms with E-state index in [9.17, 15) is 0 Å². The molecular weight excluding hydrogens is 338 g/mol. The first-order chi connectivity index (χ1) is 11.8. The van der Waals surface area contributed by atoms with Gasteiger partial charge in [-0.05, 0) is 32.4 Å². The van der Waals surface area contributed by atoms with Crippen LogP contribution in [0.15, 0.2) is 12.4 Å². The predicted octanol–water partition coefficient (Wildman–Crippen LogP) is 1.79. The van der Waals surface area contributed by atoms with Gasteiger partial charge in [0.05, 0.1) is 12.7 Å². The van der Waals surface area contributed by atoms with Gasteiger partial charge in [-0.15, -0.1) is 22.6 Å². The maximum Gasteiger partial charge on any atom is 0.147 e. The van der Waals surface area contributed by atoms with Crippen LogP contribution in [0, 0.1) is 0 Å². The van der Waals surface area contributed by atoms with Crippen molar-refractivity contribution in [2.75, 3.05) is 19.6 Å². The zero-order valence-electron chi connectivity index (χ0n) is 14.9. The Morgan fingerprint density at radius 3 is 2.84 bits per heavy atom. The fourth-order valence-electron chi connectivity index (χ4n) is 3.86. The van der Waals surface area contributed by atoms with Gasteiger partial charge in [0.1, 0.15) is 11.6 Å². The zero-order valence-corrected chi connectivity index (χ0v) is 15.7. The molecule has 0 amide bonds. The lowest BCUT2D eigenvalue weighted by Crippen LogP contribution is -2.34. The Labute approximate surface area is 155 Å². The highest BCUT2D eigenvalue weighted by atomic mass is 35.5. The van der Waals surface area contributed by atoms with Crippen LogP contribution in [0.4, 0.5) is 0 Å². The summed E-state index contributed by atoms with van der Waals surface area (Å²) in [6, 6.07) is 0. The molecule has 138 valence electrons. The molecule has 0 radical (unpaired) electrons. The molecule has 0 bridgehead atoms. The minimum atomic E-state index is 0. The number of fused-ring (bicyclic) bond motifs is 1. The third-order valence-electron chi connectivity index (χ3n) is 5.15. The number of piperidine rings is 1. The van der Waals surface area contributed by atoms with Crippen molar-refractivity contribution in [1.29, 1.82) is 0 Å². The third kappa shape index (κ3) is 4.04. The van der Waals surface area contributed by atoms with Gasteiger partial charge in [0, 0.05) is 43.9 Å². The molecule has 7 nitrogen and oxygen atoms in total. The Morgan fingerprint density at radius 2 is 2.04 bits per heavy atom. The number of nitrogens with one attached hydrogen (secondary N) is 1. The standard InChI is InChI=1S/C17H27N7.ClH/c1-2-6-23-13-14(10-19-23)12-22-7-3-15(4-8-22)17-21-20-16-11-18-5-9-24(16)17;/h10,13,15,18H,2-9,11-12H2,1H3;1H. The monoisotopic (exact) mass is 365 g/mol. The molecule has 0 atom stereocenters. The second-order valence-corrected chi connectivity index (χ2v) is 6.96. The first-order valence-electron chi connectivity index (χ1n) is 9.20. The van der Waals surface area contributed by atoms with Crippen LogP contribution in [0.25, 0.3) is 0 Å². The largest absolute Gasteiger partial charge is 0.312 e. The highest BCUT2D eigenvalue weighted by molar-refractivity contribution is 5.85. The lowest BCUT2D eigenvalue weighted by molar-refractivity contribution is 0.199. The van der Waals surface area contributed by atoms with Crippen LogP contribution < -0.4 is 5.32 Å². The van der Waals surface area contributed by atoms with Crippen LogP contribution in [0.1, 0.15) is 49.3 Å². The molecule has 4 heterocycles.